The third kappa shape index (κ3) is 5.90. The first kappa shape index (κ1) is 18.3. The lowest BCUT2D eigenvalue weighted by molar-refractivity contribution is 0.583. The van der Waals surface area contributed by atoms with Gasteiger partial charge < -0.3 is 5.32 Å². The van der Waals surface area contributed by atoms with Crippen molar-refractivity contribution >= 4 is 38.2 Å². The molecule has 1 heterocycles. The van der Waals surface area contributed by atoms with Gasteiger partial charge in [-0.1, -0.05) is 25.4 Å². The van der Waals surface area contributed by atoms with Crippen LogP contribution in [0.15, 0.2) is 17.2 Å². The summed E-state index contributed by atoms with van der Waals surface area (Å²) in [6.07, 6.45) is 2.16. The van der Waals surface area contributed by atoms with Gasteiger partial charge in [-0.25, -0.2) is 18.1 Å². The topological polar surface area (TPSA) is 88.2 Å². The van der Waals surface area contributed by atoms with Crippen LogP contribution >= 0.6 is 11.6 Å². The van der Waals surface area contributed by atoms with Crippen LogP contribution < -0.4 is 10.0 Å². The fourth-order valence-corrected chi connectivity index (χ4v) is 3.51. The smallest absolute Gasteiger partial charge is 0.242 e. The molecule has 0 bridgehead atoms. The van der Waals surface area contributed by atoms with Crippen LogP contribution in [0.25, 0.3) is 0 Å². The molecule has 0 fully saturated rings. The van der Waals surface area contributed by atoms with E-state index in [1.165, 1.54) is 12.3 Å². The third-order valence-electron chi connectivity index (χ3n) is 2.61. The molecule has 1 rings (SSSR count). The fourth-order valence-electron chi connectivity index (χ4n) is 1.46. The van der Waals surface area contributed by atoms with Crippen molar-refractivity contribution < 1.29 is 12.6 Å². The predicted molar refractivity (Wildman–Crippen MR) is 86.8 cm³/mol. The highest BCUT2D eigenvalue weighted by molar-refractivity contribution is 7.89. The molecule has 0 radical (unpaired) electrons. The molecule has 9 heteroatoms. The average molecular weight is 354 g/mol. The minimum Gasteiger partial charge on any atom is -0.369 e. The second-order valence-electron chi connectivity index (χ2n) is 4.26. The molecule has 0 amide bonds. The van der Waals surface area contributed by atoms with Crippen LogP contribution in [-0.4, -0.2) is 42.2 Å². The molecule has 0 saturated carbocycles. The lowest BCUT2D eigenvalue weighted by atomic mass is 10.4. The van der Waals surface area contributed by atoms with Crippen molar-refractivity contribution in [1.29, 1.82) is 0 Å². The van der Waals surface area contributed by atoms with Crippen molar-refractivity contribution in [2.45, 2.75) is 25.2 Å². The first-order valence-corrected chi connectivity index (χ1v) is 9.99. The number of hydrogen-bond donors (Lipinski definition) is 2. The summed E-state index contributed by atoms with van der Waals surface area (Å²) in [6.45, 7) is 4.62. The molecule has 0 aliphatic heterocycles. The maximum absolute atomic E-state index is 12.1. The zero-order valence-corrected chi connectivity index (χ0v) is 14.4. The van der Waals surface area contributed by atoms with Gasteiger partial charge in [0.2, 0.25) is 10.0 Å². The van der Waals surface area contributed by atoms with Crippen molar-refractivity contribution in [2.75, 3.05) is 29.9 Å². The van der Waals surface area contributed by atoms with E-state index in [1.54, 1.807) is 6.92 Å². The first-order valence-electron chi connectivity index (χ1n) is 6.64. The van der Waals surface area contributed by atoms with Gasteiger partial charge in [-0.05, 0) is 12.5 Å². The Balaban J connectivity index is 2.75. The van der Waals surface area contributed by atoms with Crippen LogP contribution in [0.2, 0.25) is 5.02 Å². The van der Waals surface area contributed by atoms with E-state index >= 15 is 0 Å². The monoisotopic (exact) mass is 353 g/mol. The van der Waals surface area contributed by atoms with Crippen molar-refractivity contribution in [1.82, 2.24) is 9.71 Å². The van der Waals surface area contributed by atoms with Gasteiger partial charge in [0.05, 0.1) is 5.02 Å². The quantitative estimate of drug-likeness (QED) is 0.704. The number of sulfonamides is 1. The minimum atomic E-state index is -3.68. The Hall–Kier alpha value is -0.700. The number of hydrogen-bond acceptors (Lipinski definition) is 5. The van der Waals surface area contributed by atoms with Crippen molar-refractivity contribution in [3.05, 3.63) is 17.3 Å². The van der Waals surface area contributed by atoms with Crippen LogP contribution in [0.1, 0.15) is 20.3 Å². The van der Waals surface area contributed by atoms with E-state index in [9.17, 15) is 12.6 Å². The Morgan fingerprint density at radius 3 is 2.62 bits per heavy atom. The van der Waals surface area contributed by atoms with Gasteiger partial charge in [0.1, 0.15) is 10.7 Å². The fraction of sp³-hybridized carbons (Fsp3) is 0.583. The summed E-state index contributed by atoms with van der Waals surface area (Å²) in [5.41, 5.74) is 0. The molecule has 0 aliphatic rings. The zero-order valence-electron chi connectivity index (χ0n) is 12.1. The lowest BCUT2D eigenvalue weighted by Crippen LogP contribution is -2.28. The Labute approximate surface area is 133 Å². The van der Waals surface area contributed by atoms with Crippen molar-refractivity contribution in [3.8, 4) is 0 Å². The summed E-state index contributed by atoms with van der Waals surface area (Å²) in [5.74, 6) is 1.25. The molecule has 1 unspecified atom stereocenters. The van der Waals surface area contributed by atoms with Crippen molar-refractivity contribution in [3.63, 3.8) is 0 Å². The van der Waals surface area contributed by atoms with E-state index in [1.807, 2.05) is 6.92 Å². The largest absolute Gasteiger partial charge is 0.369 e. The van der Waals surface area contributed by atoms with E-state index in [4.69, 9.17) is 11.6 Å². The van der Waals surface area contributed by atoms with Crippen molar-refractivity contribution in [2.24, 2.45) is 0 Å². The van der Waals surface area contributed by atoms with E-state index in [0.29, 0.717) is 18.1 Å². The van der Waals surface area contributed by atoms with Crippen LogP contribution in [0.3, 0.4) is 0 Å². The van der Waals surface area contributed by atoms with Gasteiger partial charge in [0.15, 0.2) is 0 Å². The molecule has 1 atom stereocenters. The molecule has 120 valence electrons. The number of nitrogens with one attached hydrogen (secondary N) is 2. The molecule has 21 heavy (non-hydrogen) atoms. The molecule has 0 spiro atoms. The molecule has 0 saturated heterocycles. The van der Waals surface area contributed by atoms with Crippen LogP contribution in [-0.2, 0) is 20.8 Å². The highest BCUT2D eigenvalue weighted by atomic mass is 35.5. The second kappa shape index (κ2) is 8.67. The molecule has 1 aromatic heterocycles. The highest BCUT2D eigenvalue weighted by Crippen LogP contribution is 2.22. The van der Waals surface area contributed by atoms with Gasteiger partial charge in [0.25, 0.3) is 0 Å². The second-order valence-corrected chi connectivity index (χ2v) is 8.30. The van der Waals surface area contributed by atoms with Gasteiger partial charge in [-0.3, -0.25) is 4.21 Å². The summed E-state index contributed by atoms with van der Waals surface area (Å²) in [5, 5.41) is 3.26. The van der Waals surface area contributed by atoms with Gasteiger partial charge in [-0.15, -0.1) is 0 Å². The number of pyridine rings is 1. The predicted octanol–water partition coefficient (Wildman–Crippen LogP) is 1.60. The minimum absolute atomic E-state index is 0.00294. The molecule has 0 aromatic carbocycles. The number of nitrogens with zero attached hydrogens (tertiary/aromatic N) is 1. The SMILES string of the molecule is CCCNc1ncc(S(=O)(=O)NCCS(=O)CC)cc1Cl. The first-order chi connectivity index (χ1) is 9.90. The Morgan fingerprint density at radius 1 is 1.33 bits per heavy atom. The van der Waals surface area contributed by atoms with Gasteiger partial charge in [-0.2, -0.15) is 0 Å². The third-order valence-corrected chi connectivity index (χ3v) is 5.63. The van der Waals surface area contributed by atoms with E-state index in [0.717, 1.165) is 6.42 Å². The number of aromatic nitrogens is 1. The Kier molecular flexibility index (Phi) is 7.58. The summed E-state index contributed by atoms with van der Waals surface area (Å²) in [6, 6.07) is 1.35. The number of anilines is 1. The summed E-state index contributed by atoms with van der Waals surface area (Å²) < 4.78 is 37.8. The molecule has 0 aliphatic carbocycles. The van der Waals surface area contributed by atoms with Crippen LogP contribution in [0, 0.1) is 0 Å². The average Bonchev–Trinajstić information content (AvgIpc) is 2.45. The Bertz CT molecular complexity index is 593. The summed E-state index contributed by atoms with van der Waals surface area (Å²) in [7, 11) is -4.69. The van der Waals surface area contributed by atoms with E-state index < -0.39 is 20.8 Å². The maximum Gasteiger partial charge on any atom is 0.242 e. The summed E-state index contributed by atoms with van der Waals surface area (Å²) in [4.78, 5) is 4.02. The molecule has 2 N–H and O–H groups in total. The normalized spacial score (nSPS) is 13.1. The van der Waals surface area contributed by atoms with Crippen LogP contribution in [0.4, 0.5) is 5.82 Å². The maximum atomic E-state index is 12.1. The molecular weight excluding hydrogens is 334 g/mol. The lowest BCUT2D eigenvalue weighted by Gasteiger charge is -2.09. The number of rotatable bonds is 9. The van der Waals surface area contributed by atoms with E-state index in [-0.39, 0.29) is 22.2 Å². The van der Waals surface area contributed by atoms with Crippen LogP contribution in [0.5, 0.6) is 0 Å². The number of halogens is 1. The standard InChI is InChI=1S/C12H20ClN3O3S2/c1-3-5-14-12-11(13)8-10(9-15-12)21(18,19)16-6-7-20(17)4-2/h8-9,16H,3-7H2,1-2H3,(H,14,15). The molecular formula is C12H20ClN3O3S2. The Morgan fingerprint density at radius 2 is 2.05 bits per heavy atom. The van der Waals surface area contributed by atoms with Gasteiger partial charge in [0, 0.05) is 41.6 Å². The zero-order chi connectivity index (χ0) is 15.9. The molecule has 1 aromatic rings. The van der Waals surface area contributed by atoms with Gasteiger partial charge >= 0.3 is 0 Å². The van der Waals surface area contributed by atoms with E-state index in [2.05, 4.69) is 15.0 Å². The molecule has 6 nitrogen and oxygen atoms in total. The highest BCUT2D eigenvalue weighted by Gasteiger charge is 2.16. The summed E-state index contributed by atoms with van der Waals surface area (Å²) >= 11 is 6.01.